The first-order valence-electron chi connectivity index (χ1n) is 5.70. The van der Waals surface area contributed by atoms with Gasteiger partial charge in [-0.25, -0.2) is 0 Å². The Balaban J connectivity index is 2.21. The van der Waals surface area contributed by atoms with Crippen molar-refractivity contribution in [2.75, 3.05) is 5.32 Å². The maximum Gasteiger partial charge on any atom is 0.255 e. The van der Waals surface area contributed by atoms with Crippen LogP contribution in [0.1, 0.15) is 21.5 Å². The largest absolute Gasteiger partial charge is 0.322 e. The summed E-state index contributed by atoms with van der Waals surface area (Å²) in [5.74, 6) is -0.0869. The summed E-state index contributed by atoms with van der Waals surface area (Å²) in [6, 6.07) is 13.4. The molecule has 0 aliphatic heterocycles. The number of hydrogen-bond donors (Lipinski definition) is 1. The molecule has 2 nitrogen and oxygen atoms in total. The van der Waals surface area contributed by atoms with E-state index in [1.807, 2.05) is 56.3 Å². The number of benzene rings is 2. The number of carbonyl (C=O) groups is 1. The molecule has 18 heavy (non-hydrogen) atoms. The molecule has 0 fully saturated rings. The predicted octanol–water partition coefficient (Wildman–Crippen LogP) is 4.32. The van der Waals surface area contributed by atoms with Crippen LogP contribution in [0.3, 0.4) is 0 Å². The van der Waals surface area contributed by atoms with Crippen LogP contribution in [0, 0.1) is 13.8 Å². The van der Waals surface area contributed by atoms with Crippen LogP contribution in [0.15, 0.2) is 46.9 Å². The van der Waals surface area contributed by atoms with Gasteiger partial charge in [-0.15, -0.1) is 0 Å². The van der Waals surface area contributed by atoms with E-state index in [9.17, 15) is 4.79 Å². The van der Waals surface area contributed by atoms with Gasteiger partial charge in [0.2, 0.25) is 0 Å². The zero-order chi connectivity index (χ0) is 13.1. The summed E-state index contributed by atoms with van der Waals surface area (Å²) < 4.78 is 0.951. The Kier molecular flexibility index (Phi) is 3.82. The van der Waals surface area contributed by atoms with Crippen molar-refractivity contribution in [1.82, 2.24) is 0 Å². The standard InChI is InChI=1S/C15H14BrNO/c1-10-3-6-12(7-4-10)15(18)17-14-9-13(16)8-5-11(14)2/h3-9H,1-2H3,(H,17,18). The van der Waals surface area contributed by atoms with E-state index in [2.05, 4.69) is 21.2 Å². The van der Waals surface area contributed by atoms with Crippen molar-refractivity contribution >= 4 is 27.5 Å². The van der Waals surface area contributed by atoms with Gasteiger partial charge >= 0.3 is 0 Å². The van der Waals surface area contributed by atoms with Crippen LogP contribution < -0.4 is 5.32 Å². The fraction of sp³-hybridized carbons (Fsp3) is 0.133. The van der Waals surface area contributed by atoms with E-state index in [1.165, 1.54) is 0 Å². The summed E-state index contributed by atoms with van der Waals surface area (Å²) in [4.78, 5) is 12.1. The summed E-state index contributed by atoms with van der Waals surface area (Å²) in [5, 5.41) is 2.92. The van der Waals surface area contributed by atoms with Crippen LogP contribution in [0.5, 0.6) is 0 Å². The van der Waals surface area contributed by atoms with Crippen LogP contribution in [0.4, 0.5) is 5.69 Å². The van der Waals surface area contributed by atoms with Gasteiger partial charge in [0.05, 0.1) is 0 Å². The molecule has 2 aromatic rings. The van der Waals surface area contributed by atoms with Crippen LogP contribution in [-0.4, -0.2) is 5.91 Å². The summed E-state index contributed by atoms with van der Waals surface area (Å²) in [5.41, 5.74) is 3.68. The third-order valence-corrected chi connectivity index (χ3v) is 3.25. The number of hydrogen-bond acceptors (Lipinski definition) is 1. The summed E-state index contributed by atoms with van der Waals surface area (Å²) in [6.45, 7) is 3.97. The van der Waals surface area contributed by atoms with Crippen LogP contribution in [0.2, 0.25) is 0 Å². The van der Waals surface area contributed by atoms with Gasteiger partial charge in [0.25, 0.3) is 5.91 Å². The Morgan fingerprint density at radius 3 is 2.39 bits per heavy atom. The highest BCUT2D eigenvalue weighted by molar-refractivity contribution is 9.10. The topological polar surface area (TPSA) is 29.1 Å². The third kappa shape index (κ3) is 2.99. The Morgan fingerprint density at radius 1 is 1.06 bits per heavy atom. The Bertz CT molecular complexity index is 576. The lowest BCUT2D eigenvalue weighted by molar-refractivity contribution is 0.102. The molecule has 0 aromatic heterocycles. The van der Waals surface area contributed by atoms with Gasteiger partial charge in [-0.05, 0) is 43.7 Å². The van der Waals surface area contributed by atoms with Crippen LogP contribution in [0.25, 0.3) is 0 Å². The van der Waals surface area contributed by atoms with E-state index in [0.29, 0.717) is 5.56 Å². The molecule has 0 bridgehead atoms. The maximum absolute atomic E-state index is 12.1. The second-order valence-electron chi connectivity index (χ2n) is 4.28. The molecule has 0 aliphatic carbocycles. The van der Waals surface area contributed by atoms with Crippen LogP contribution in [-0.2, 0) is 0 Å². The molecule has 0 spiro atoms. The molecule has 0 unspecified atom stereocenters. The van der Waals surface area contributed by atoms with E-state index in [0.717, 1.165) is 21.3 Å². The van der Waals surface area contributed by atoms with Crippen molar-refractivity contribution < 1.29 is 4.79 Å². The fourth-order valence-corrected chi connectivity index (χ4v) is 1.99. The molecule has 0 atom stereocenters. The number of nitrogens with one attached hydrogen (secondary N) is 1. The van der Waals surface area contributed by atoms with Crippen molar-refractivity contribution in [3.8, 4) is 0 Å². The van der Waals surface area contributed by atoms with Crippen molar-refractivity contribution in [2.45, 2.75) is 13.8 Å². The average molecular weight is 304 g/mol. The van der Waals surface area contributed by atoms with E-state index in [-0.39, 0.29) is 5.91 Å². The lowest BCUT2D eigenvalue weighted by Gasteiger charge is -2.09. The van der Waals surface area contributed by atoms with E-state index >= 15 is 0 Å². The molecule has 1 amide bonds. The number of halogens is 1. The Morgan fingerprint density at radius 2 is 1.72 bits per heavy atom. The molecule has 1 N–H and O–H groups in total. The number of amides is 1. The molecule has 0 saturated heterocycles. The zero-order valence-electron chi connectivity index (χ0n) is 10.3. The average Bonchev–Trinajstić information content (AvgIpc) is 2.34. The molecule has 0 heterocycles. The van der Waals surface area contributed by atoms with Gasteiger partial charge in [-0.2, -0.15) is 0 Å². The van der Waals surface area contributed by atoms with Crippen molar-refractivity contribution in [1.29, 1.82) is 0 Å². The first-order valence-corrected chi connectivity index (χ1v) is 6.50. The third-order valence-electron chi connectivity index (χ3n) is 2.76. The van der Waals surface area contributed by atoms with E-state index in [1.54, 1.807) is 0 Å². The summed E-state index contributed by atoms with van der Waals surface area (Å²) in [7, 11) is 0. The zero-order valence-corrected chi connectivity index (χ0v) is 11.9. The van der Waals surface area contributed by atoms with Gasteiger partial charge in [0.15, 0.2) is 0 Å². The van der Waals surface area contributed by atoms with Gasteiger partial charge in [0, 0.05) is 15.7 Å². The minimum atomic E-state index is -0.0869. The lowest BCUT2D eigenvalue weighted by atomic mass is 10.1. The molecule has 2 aromatic carbocycles. The lowest BCUT2D eigenvalue weighted by Crippen LogP contribution is -2.12. The second-order valence-corrected chi connectivity index (χ2v) is 5.20. The van der Waals surface area contributed by atoms with Crippen molar-refractivity contribution in [2.24, 2.45) is 0 Å². The molecule has 92 valence electrons. The molecular formula is C15H14BrNO. The number of carbonyl (C=O) groups excluding carboxylic acids is 1. The number of aryl methyl sites for hydroxylation is 2. The van der Waals surface area contributed by atoms with E-state index < -0.39 is 0 Å². The SMILES string of the molecule is Cc1ccc(C(=O)Nc2cc(Br)ccc2C)cc1. The fourth-order valence-electron chi connectivity index (χ4n) is 1.63. The Hall–Kier alpha value is -1.61. The summed E-state index contributed by atoms with van der Waals surface area (Å²) in [6.07, 6.45) is 0. The van der Waals surface area contributed by atoms with Gasteiger partial charge in [0.1, 0.15) is 0 Å². The molecule has 0 radical (unpaired) electrons. The minimum absolute atomic E-state index is 0.0869. The molecule has 0 aliphatic rings. The molecule has 3 heteroatoms. The quantitative estimate of drug-likeness (QED) is 0.879. The van der Waals surface area contributed by atoms with Gasteiger partial charge < -0.3 is 5.32 Å². The van der Waals surface area contributed by atoms with Crippen molar-refractivity contribution in [3.05, 3.63) is 63.6 Å². The van der Waals surface area contributed by atoms with Gasteiger partial charge in [-0.1, -0.05) is 39.7 Å². The molecule has 0 saturated carbocycles. The van der Waals surface area contributed by atoms with E-state index in [4.69, 9.17) is 0 Å². The number of anilines is 1. The highest BCUT2D eigenvalue weighted by Gasteiger charge is 2.07. The maximum atomic E-state index is 12.1. The predicted molar refractivity (Wildman–Crippen MR) is 78.0 cm³/mol. The highest BCUT2D eigenvalue weighted by Crippen LogP contribution is 2.21. The van der Waals surface area contributed by atoms with Crippen LogP contribution >= 0.6 is 15.9 Å². The smallest absolute Gasteiger partial charge is 0.255 e. The minimum Gasteiger partial charge on any atom is -0.322 e. The monoisotopic (exact) mass is 303 g/mol. The summed E-state index contributed by atoms with van der Waals surface area (Å²) >= 11 is 3.40. The second kappa shape index (κ2) is 5.36. The number of rotatable bonds is 2. The highest BCUT2D eigenvalue weighted by atomic mass is 79.9. The Labute approximate surface area is 115 Å². The normalized spacial score (nSPS) is 10.2. The van der Waals surface area contributed by atoms with Gasteiger partial charge in [-0.3, -0.25) is 4.79 Å². The van der Waals surface area contributed by atoms with Crippen molar-refractivity contribution in [3.63, 3.8) is 0 Å². The molecule has 2 rings (SSSR count). The first-order chi connectivity index (χ1) is 8.56. The molecular weight excluding hydrogens is 290 g/mol. The first kappa shape index (κ1) is 12.8.